The third-order valence-corrected chi connectivity index (χ3v) is 6.74. The van der Waals surface area contributed by atoms with E-state index >= 15 is 0 Å². The van der Waals surface area contributed by atoms with Gasteiger partial charge < -0.3 is 15.1 Å². The van der Waals surface area contributed by atoms with E-state index in [4.69, 9.17) is 16.6 Å². The van der Waals surface area contributed by atoms with Crippen molar-refractivity contribution in [1.82, 2.24) is 9.55 Å². The third-order valence-electron chi connectivity index (χ3n) is 5.38. The molecule has 3 heterocycles. The molecule has 1 aromatic carbocycles. The van der Waals surface area contributed by atoms with Crippen molar-refractivity contribution < 1.29 is 9.80 Å². The van der Waals surface area contributed by atoms with Crippen LogP contribution in [0.15, 0.2) is 29.1 Å². The first-order valence-electron chi connectivity index (χ1n) is 10.1. The van der Waals surface area contributed by atoms with Crippen LogP contribution in [-0.2, 0) is 13.0 Å². The monoisotopic (exact) mass is 433 g/mol. The summed E-state index contributed by atoms with van der Waals surface area (Å²) >= 11 is 7.90. The Morgan fingerprint density at radius 1 is 1.38 bits per heavy atom. The highest BCUT2D eigenvalue weighted by atomic mass is 35.5. The molecule has 0 bridgehead atoms. The van der Waals surface area contributed by atoms with Crippen molar-refractivity contribution in [2.45, 2.75) is 19.4 Å². The first-order chi connectivity index (χ1) is 13.9. The lowest BCUT2D eigenvalue weighted by molar-refractivity contribution is -0.895. The summed E-state index contributed by atoms with van der Waals surface area (Å²) in [6, 6.07) is 7.42. The minimum atomic E-state index is -0.00458. The van der Waals surface area contributed by atoms with Crippen molar-refractivity contribution in [3.05, 3.63) is 50.1 Å². The molecule has 0 amide bonds. The number of anilines is 1. The second kappa shape index (κ2) is 8.44. The van der Waals surface area contributed by atoms with Gasteiger partial charge in [-0.05, 0) is 23.8 Å². The summed E-state index contributed by atoms with van der Waals surface area (Å²) in [6.07, 6.45) is 1.92. The van der Waals surface area contributed by atoms with Crippen molar-refractivity contribution in [3.63, 3.8) is 0 Å². The Labute approximate surface area is 179 Å². The maximum absolute atomic E-state index is 13.7. The zero-order chi connectivity index (χ0) is 20.5. The SMILES string of the molecule is C[NH+](C)CCCNc1nc2sc3c(c2c(=O)n1-c1cccc(Cl)c1)CC[NH+](C)C3. The van der Waals surface area contributed by atoms with Gasteiger partial charge in [-0.15, -0.1) is 11.3 Å². The number of fused-ring (bicyclic) bond motifs is 3. The van der Waals surface area contributed by atoms with Gasteiger partial charge in [0.1, 0.15) is 11.4 Å². The second-order valence-corrected chi connectivity index (χ2v) is 9.63. The number of hydrogen-bond donors (Lipinski definition) is 3. The Morgan fingerprint density at radius 2 is 2.21 bits per heavy atom. The van der Waals surface area contributed by atoms with Crippen LogP contribution in [0, 0.1) is 0 Å². The molecule has 0 radical (unpaired) electrons. The maximum Gasteiger partial charge on any atom is 0.268 e. The van der Waals surface area contributed by atoms with E-state index < -0.39 is 0 Å². The van der Waals surface area contributed by atoms with Crippen LogP contribution >= 0.6 is 22.9 Å². The molecule has 1 aliphatic heterocycles. The summed E-state index contributed by atoms with van der Waals surface area (Å²) in [5.41, 5.74) is 1.93. The number of halogens is 1. The van der Waals surface area contributed by atoms with Gasteiger partial charge in [0.25, 0.3) is 5.56 Å². The predicted molar refractivity (Wildman–Crippen MR) is 120 cm³/mol. The topological polar surface area (TPSA) is 55.8 Å². The van der Waals surface area contributed by atoms with Gasteiger partial charge in [0, 0.05) is 24.4 Å². The van der Waals surface area contributed by atoms with E-state index in [0.717, 1.165) is 54.9 Å². The molecule has 0 saturated carbocycles. The lowest BCUT2D eigenvalue weighted by atomic mass is 10.1. The lowest BCUT2D eigenvalue weighted by Crippen LogP contribution is -3.08. The number of rotatable bonds is 6. The Hall–Kier alpha value is -1.93. The molecule has 3 N–H and O–H groups in total. The van der Waals surface area contributed by atoms with Crippen LogP contribution in [0.2, 0.25) is 5.02 Å². The molecule has 2 aromatic heterocycles. The minimum Gasteiger partial charge on any atom is -0.355 e. The maximum atomic E-state index is 13.7. The van der Waals surface area contributed by atoms with E-state index in [9.17, 15) is 4.79 Å². The number of likely N-dealkylation sites (N-methyl/N-ethyl adjacent to an activating group) is 1. The van der Waals surface area contributed by atoms with Gasteiger partial charge in [0.15, 0.2) is 0 Å². The van der Waals surface area contributed by atoms with E-state index in [1.807, 2.05) is 24.3 Å². The Bertz CT molecular complexity index is 1090. The smallest absolute Gasteiger partial charge is 0.268 e. The standard InChI is InChI=1S/C21H26ClN5OS/c1-25(2)10-5-9-23-21-24-19-18(16-8-11-26(3)13-17(16)29-19)20(28)27(21)15-7-4-6-14(22)12-15/h4,6-7,12H,5,8-11,13H2,1-3H3,(H,23,24)/p+2. The Balaban J connectivity index is 1.83. The second-order valence-electron chi connectivity index (χ2n) is 8.11. The quantitative estimate of drug-likeness (QED) is 0.499. The van der Waals surface area contributed by atoms with Gasteiger partial charge in [0.2, 0.25) is 5.95 Å². The molecule has 4 rings (SSSR count). The first kappa shape index (κ1) is 20.3. The molecule has 1 aliphatic rings. The highest BCUT2D eigenvalue weighted by molar-refractivity contribution is 7.18. The van der Waals surface area contributed by atoms with Gasteiger partial charge in [0.05, 0.1) is 50.2 Å². The number of thiophene rings is 1. The summed E-state index contributed by atoms with van der Waals surface area (Å²) < 4.78 is 1.69. The van der Waals surface area contributed by atoms with E-state index in [-0.39, 0.29) is 5.56 Å². The fourth-order valence-corrected chi connectivity index (χ4v) is 5.38. The van der Waals surface area contributed by atoms with E-state index in [0.29, 0.717) is 11.0 Å². The fraction of sp³-hybridized carbons (Fsp3) is 0.429. The largest absolute Gasteiger partial charge is 0.355 e. The molecular weight excluding hydrogens is 406 g/mol. The Kier molecular flexibility index (Phi) is 5.92. The summed E-state index contributed by atoms with van der Waals surface area (Å²) in [5, 5.41) is 4.79. The molecule has 154 valence electrons. The molecule has 3 aromatic rings. The number of benzene rings is 1. The molecular formula is C21H28ClN5OS+2. The molecule has 1 atom stereocenters. The Morgan fingerprint density at radius 3 is 2.97 bits per heavy atom. The fourth-order valence-electron chi connectivity index (χ4n) is 3.87. The van der Waals surface area contributed by atoms with Crippen LogP contribution in [0.1, 0.15) is 16.9 Å². The molecule has 6 nitrogen and oxygen atoms in total. The van der Waals surface area contributed by atoms with Gasteiger partial charge in [-0.2, -0.15) is 0 Å². The highest BCUT2D eigenvalue weighted by Crippen LogP contribution is 2.31. The van der Waals surface area contributed by atoms with Crippen LogP contribution in [0.5, 0.6) is 0 Å². The summed E-state index contributed by atoms with van der Waals surface area (Å²) in [4.78, 5) is 23.6. The minimum absolute atomic E-state index is 0.00458. The molecule has 0 aliphatic carbocycles. The van der Waals surface area contributed by atoms with Crippen LogP contribution in [0.25, 0.3) is 15.9 Å². The van der Waals surface area contributed by atoms with Gasteiger partial charge in [-0.1, -0.05) is 17.7 Å². The molecule has 0 spiro atoms. The van der Waals surface area contributed by atoms with Crippen LogP contribution in [0.4, 0.5) is 5.95 Å². The molecule has 0 fully saturated rings. The van der Waals surface area contributed by atoms with Gasteiger partial charge in [-0.25, -0.2) is 9.55 Å². The van der Waals surface area contributed by atoms with E-state index in [1.54, 1.807) is 15.9 Å². The molecule has 29 heavy (non-hydrogen) atoms. The predicted octanol–water partition coefficient (Wildman–Crippen LogP) is 0.618. The number of nitrogens with zero attached hydrogens (tertiary/aromatic N) is 2. The normalized spacial score (nSPS) is 16.4. The highest BCUT2D eigenvalue weighted by Gasteiger charge is 2.26. The van der Waals surface area contributed by atoms with E-state index in [1.165, 1.54) is 20.2 Å². The number of nitrogens with one attached hydrogen (secondary N) is 3. The van der Waals surface area contributed by atoms with Crippen molar-refractivity contribution in [2.24, 2.45) is 0 Å². The van der Waals surface area contributed by atoms with Crippen molar-refractivity contribution in [2.75, 3.05) is 46.1 Å². The van der Waals surface area contributed by atoms with Crippen LogP contribution < -0.4 is 20.7 Å². The summed E-state index contributed by atoms with van der Waals surface area (Å²) in [6.45, 7) is 3.82. The van der Waals surface area contributed by atoms with Crippen LogP contribution in [0.3, 0.4) is 0 Å². The summed E-state index contributed by atoms with van der Waals surface area (Å²) in [5.74, 6) is 0.595. The van der Waals surface area contributed by atoms with Gasteiger partial charge >= 0.3 is 0 Å². The summed E-state index contributed by atoms with van der Waals surface area (Å²) in [7, 11) is 6.48. The van der Waals surface area contributed by atoms with Crippen molar-refractivity contribution in [1.29, 1.82) is 0 Å². The van der Waals surface area contributed by atoms with Gasteiger partial charge in [-0.3, -0.25) is 4.79 Å². The average Bonchev–Trinajstić information content (AvgIpc) is 3.02. The van der Waals surface area contributed by atoms with Crippen molar-refractivity contribution >= 4 is 39.1 Å². The third kappa shape index (κ3) is 4.19. The van der Waals surface area contributed by atoms with E-state index in [2.05, 4.69) is 26.5 Å². The zero-order valence-corrected chi connectivity index (χ0v) is 18.7. The lowest BCUT2D eigenvalue weighted by Gasteiger charge is -2.19. The average molecular weight is 434 g/mol. The van der Waals surface area contributed by atoms with Crippen molar-refractivity contribution in [3.8, 4) is 5.69 Å². The first-order valence-corrected chi connectivity index (χ1v) is 11.3. The molecule has 8 heteroatoms. The zero-order valence-electron chi connectivity index (χ0n) is 17.1. The van der Waals surface area contributed by atoms with Crippen LogP contribution in [-0.4, -0.2) is 50.3 Å². The molecule has 1 unspecified atom stereocenters. The number of aromatic nitrogens is 2. The number of quaternary nitrogens is 2. The molecule has 0 saturated heterocycles. The number of hydrogen-bond acceptors (Lipinski definition) is 4.